The van der Waals surface area contributed by atoms with Gasteiger partial charge in [0.1, 0.15) is 0 Å². The summed E-state index contributed by atoms with van der Waals surface area (Å²) >= 11 is 0. The second kappa shape index (κ2) is 7.76. The Hall–Kier alpha value is -3.28. The molecule has 0 radical (unpaired) electrons. The van der Waals surface area contributed by atoms with Crippen LogP contribution in [-0.2, 0) is 17.8 Å². The number of aryl methyl sites for hydroxylation is 1. The van der Waals surface area contributed by atoms with Crippen molar-refractivity contribution in [3.8, 4) is 11.3 Å². The molecule has 1 atom stereocenters. The first-order valence-corrected chi connectivity index (χ1v) is 9.52. The van der Waals surface area contributed by atoms with Crippen LogP contribution < -0.4 is 10.5 Å². The molecule has 28 heavy (non-hydrogen) atoms. The van der Waals surface area contributed by atoms with Crippen molar-refractivity contribution in [1.82, 2.24) is 14.8 Å². The van der Waals surface area contributed by atoms with Crippen LogP contribution in [0.15, 0.2) is 65.7 Å². The summed E-state index contributed by atoms with van der Waals surface area (Å²) in [7, 11) is 0. The van der Waals surface area contributed by atoms with E-state index in [0.29, 0.717) is 19.4 Å². The van der Waals surface area contributed by atoms with Crippen LogP contribution in [0.25, 0.3) is 11.3 Å². The quantitative estimate of drug-likeness (QED) is 0.688. The third kappa shape index (κ3) is 3.58. The van der Waals surface area contributed by atoms with Crippen molar-refractivity contribution in [2.45, 2.75) is 38.8 Å². The molecule has 1 unspecified atom stereocenters. The number of fused-ring (bicyclic) bond motifs is 1. The molecule has 1 aliphatic heterocycles. The van der Waals surface area contributed by atoms with Crippen LogP contribution in [-0.4, -0.2) is 26.7 Å². The van der Waals surface area contributed by atoms with Crippen molar-refractivity contribution in [3.63, 3.8) is 0 Å². The minimum atomic E-state index is -0.162. The topological polar surface area (TPSA) is 68.1 Å². The fraction of sp³-hybridized carbons (Fsp3) is 0.273. The van der Waals surface area contributed by atoms with Crippen molar-refractivity contribution in [2.75, 3.05) is 4.90 Å². The van der Waals surface area contributed by atoms with E-state index in [1.165, 1.54) is 16.3 Å². The summed E-state index contributed by atoms with van der Waals surface area (Å²) in [4.78, 5) is 30.8. The number of hydrogen-bond donors (Lipinski definition) is 0. The van der Waals surface area contributed by atoms with E-state index < -0.39 is 0 Å². The molecular weight excluding hydrogens is 352 g/mol. The zero-order valence-electron chi connectivity index (χ0n) is 15.8. The molecule has 6 heteroatoms. The Balaban J connectivity index is 1.43. The highest BCUT2D eigenvalue weighted by Gasteiger charge is 2.29. The Labute approximate surface area is 163 Å². The summed E-state index contributed by atoms with van der Waals surface area (Å²) in [5.74, 6) is 0.0933. The van der Waals surface area contributed by atoms with Gasteiger partial charge in [0, 0.05) is 48.7 Å². The molecule has 2 aromatic heterocycles. The average molecular weight is 374 g/mol. The largest absolute Gasteiger partial charge is 0.309 e. The Morgan fingerprint density at radius 1 is 1.11 bits per heavy atom. The minimum Gasteiger partial charge on any atom is -0.309 e. The molecule has 3 aromatic rings. The summed E-state index contributed by atoms with van der Waals surface area (Å²) in [5.41, 5.74) is 3.68. The van der Waals surface area contributed by atoms with E-state index in [1.54, 1.807) is 18.5 Å². The molecule has 0 saturated heterocycles. The predicted octanol–water partition coefficient (Wildman–Crippen LogP) is 3.06. The van der Waals surface area contributed by atoms with E-state index >= 15 is 0 Å². The van der Waals surface area contributed by atoms with E-state index in [0.717, 1.165) is 23.4 Å². The van der Waals surface area contributed by atoms with Crippen molar-refractivity contribution >= 4 is 11.6 Å². The van der Waals surface area contributed by atoms with Crippen LogP contribution in [0.3, 0.4) is 0 Å². The molecule has 1 aromatic carbocycles. The van der Waals surface area contributed by atoms with Crippen molar-refractivity contribution in [1.29, 1.82) is 0 Å². The number of rotatable bonds is 5. The molecule has 0 spiro atoms. The Kier molecular flexibility index (Phi) is 5.02. The minimum absolute atomic E-state index is 0.0933. The molecule has 0 N–H and O–H groups in total. The summed E-state index contributed by atoms with van der Waals surface area (Å²) in [5, 5.41) is 4.44. The van der Waals surface area contributed by atoms with Crippen molar-refractivity contribution in [2.24, 2.45) is 0 Å². The number of anilines is 1. The molecule has 142 valence electrons. The van der Waals surface area contributed by atoms with Gasteiger partial charge in [-0.25, -0.2) is 4.68 Å². The van der Waals surface area contributed by atoms with E-state index in [1.807, 2.05) is 35.2 Å². The normalized spacial score (nSPS) is 15.5. The van der Waals surface area contributed by atoms with Crippen LogP contribution in [0.1, 0.15) is 25.3 Å². The number of benzene rings is 1. The number of para-hydroxylation sites is 1. The number of carbonyl (C=O) groups is 1. The van der Waals surface area contributed by atoms with Gasteiger partial charge >= 0.3 is 0 Å². The maximum absolute atomic E-state index is 12.8. The molecule has 6 nitrogen and oxygen atoms in total. The maximum atomic E-state index is 12.8. The lowest BCUT2D eigenvalue weighted by Gasteiger charge is -2.22. The number of aromatic nitrogens is 3. The SMILES string of the molecule is CC1Cc2ccccc2N1C(=O)CCCn1nc(-c2ccncc2)ccc1=O. The fourth-order valence-electron chi connectivity index (χ4n) is 3.73. The Morgan fingerprint density at radius 2 is 1.89 bits per heavy atom. The molecule has 1 aliphatic rings. The van der Waals surface area contributed by atoms with E-state index in [2.05, 4.69) is 23.1 Å². The number of nitrogens with zero attached hydrogens (tertiary/aromatic N) is 4. The second-order valence-corrected chi connectivity index (χ2v) is 7.06. The van der Waals surface area contributed by atoms with Crippen molar-refractivity contribution in [3.05, 3.63) is 76.8 Å². The van der Waals surface area contributed by atoms with Crippen LogP contribution in [0.4, 0.5) is 5.69 Å². The maximum Gasteiger partial charge on any atom is 0.266 e. The zero-order chi connectivity index (χ0) is 19.5. The highest BCUT2D eigenvalue weighted by Crippen LogP contribution is 2.32. The van der Waals surface area contributed by atoms with Gasteiger partial charge in [-0.05, 0) is 49.6 Å². The summed E-state index contributed by atoms with van der Waals surface area (Å²) in [6.45, 7) is 2.48. The summed E-state index contributed by atoms with van der Waals surface area (Å²) in [6, 6.07) is 15.2. The number of pyridine rings is 1. The van der Waals surface area contributed by atoms with Gasteiger partial charge in [0.15, 0.2) is 0 Å². The first kappa shape index (κ1) is 18.1. The van der Waals surface area contributed by atoms with Gasteiger partial charge in [-0.3, -0.25) is 14.6 Å². The van der Waals surface area contributed by atoms with E-state index in [-0.39, 0.29) is 17.5 Å². The van der Waals surface area contributed by atoms with E-state index in [4.69, 9.17) is 0 Å². The van der Waals surface area contributed by atoms with Gasteiger partial charge in [0.25, 0.3) is 5.56 Å². The highest BCUT2D eigenvalue weighted by molar-refractivity contribution is 5.96. The highest BCUT2D eigenvalue weighted by atomic mass is 16.2. The van der Waals surface area contributed by atoms with Crippen LogP contribution in [0.2, 0.25) is 0 Å². The lowest BCUT2D eigenvalue weighted by Crippen LogP contribution is -2.35. The van der Waals surface area contributed by atoms with Gasteiger partial charge in [0.05, 0.1) is 5.69 Å². The smallest absolute Gasteiger partial charge is 0.266 e. The van der Waals surface area contributed by atoms with E-state index in [9.17, 15) is 9.59 Å². The lowest BCUT2D eigenvalue weighted by molar-refractivity contribution is -0.119. The van der Waals surface area contributed by atoms with Crippen LogP contribution in [0.5, 0.6) is 0 Å². The second-order valence-electron chi connectivity index (χ2n) is 7.06. The Morgan fingerprint density at radius 3 is 2.71 bits per heavy atom. The standard InChI is InChI=1S/C22H22N4O2/c1-16-15-18-5-2-3-6-20(18)26(16)22(28)7-4-14-25-21(27)9-8-19(24-25)17-10-12-23-13-11-17/h2-3,5-6,8-13,16H,4,7,14-15H2,1H3. The molecule has 0 aliphatic carbocycles. The van der Waals surface area contributed by atoms with Gasteiger partial charge in [-0.1, -0.05) is 18.2 Å². The Bertz CT molecular complexity index is 1050. The lowest BCUT2D eigenvalue weighted by atomic mass is 10.1. The molecule has 0 saturated carbocycles. The van der Waals surface area contributed by atoms with Crippen LogP contribution in [0, 0.1) is 0 Å². The van der Waals surface area contributed by atoms with Gasteiger partial charge in [0.2, 0.25) is 5.91 Å². The molecule has 1 amide bonds. The third-order valence-corrected chi connectivity index (χ3v) is 5.08. The molecular formula is C22H22N4O2. The van der Waals surface area contributed by atoms with Gasteiger partial charge < -0.3 is 4.90 Å². The molecule has 0 fully saturated rings. The molecule has 3 heterocycles. The van der Waals surface area contributed by atoms with Gasteiger partial charge in [-0.2, -0.15) is 5.10 Å². The first-order chi connectivity index (χ1) is 13.6. The fourth-order valence-corrected chi connectivity index (χ4v) is 3.73. The number of hydrogen-bond acceptors (Lipinski definition) is 4. The third-order valence-electron chi connectivity index (χ3n) is 5.08. The number of carbonyl (C=O) groups excluding carboxylic acids is 1. The monoisotopic (exact) mass is 374 g/mol. The van der Waals surface area contributed by atoms with Crippen LogP contribution >= 0.6 is 0 Å². The molecule has 0 bridgehead atoms. The average Bonchev–Trinajstić information content (AvgIpc) is 3.05. The molecule has 4 rings (SSSR count). The first-order valence-electron chi connectivity index (χ1n) is 9.52. The van der Waals surface area contributed by atoms with Gasteiger partial charge in [-0.15, -0.1) is 0 Å². The summed E-state index contributed by atoms with van der Waals surface area (Å²) < 4.78 is 1.43. The number of amides is 1. The van der Waals surface area contributed by atoms with Crippen molar-refractivity contribution < 1.29 is 4.79 Å². The zero-order valence-corrected chi connectivity index (χ0v) is 15.8. The predicted molar refractivity (Wildman–Crippen MR) is 108 cm³/mol. The summed E-state index contributed by atoms with van der Waals surface area (Å²) in [6.07, 6.45) is 5.22.